The van der Waals surface area contributed by atoms with Gasteiger partial charge in [0.05, 0.1) is 0 Å². The van der Waals surface area contributed by atoms with Crippen molar-refractivity contribution in [1.82, 2.24) is 19.9 Å². The number of amides is 1. The molecule has 136 valence electrons. The minimum atomic E-state index is -0.457. The number of pyridine rings is 1. The summed E-state index contributed by atoms with van der Waals surface area (Å²) in [5.41, 5.74) is 1.24. The maximum atomic E-state index is 12.8. The standard InChI is InChI=1S/C20H17ClN4O2/c21-15-5-3-4-13(10-15)14-7-9-25(12-14)20(27)16-11-23-18(24-19(16)26)17-6-1-2-8-22-17/h1-6,8,10-11,14H,7,9,12H2,(H,23,24,26). The fourth-order valence-corrected chi connectivity index (χ4v) is 3.53. The Bertz CT molecular complexity index is 1040. The van der Waals surface area contributed by atoms with Gasteiger partial charge in [0.1, 0.15) is 11.3 Å². The van der Waals surface area contributed by atoms with Gasteiger partial charge in [-0.3, -0.25) is 14.6 Å². The topological polar surface area (TPSA) is 79.0 Å². The van der Waals surface area contributed by atoms with Crippen LogP contribution in [0.1, 0.15) is 28.3 Å². The smallest absolute Gasteiger partial charge is 0.264 e. The monoisotopic (exact) mass is 380 g/mol. The quantitative estimate of drug-likeness (QED) is 0.757. The zero-order valence-electron chi connectivity index (χ0n) is 14.4. The van der Waals surface area contributed by atoms with Crippen LogP contribution in [0.3, 0.4) is 0 Å². The molecule has 1 aromatic carbocycles. The number of halogens is 1. The highest BCUT2D eigenvalue weighted by Crippen LogP contribution is 2.29. The molecule has 1 fully saturated rings. The molecule has 1 unspecified atom stereocenters. The molecule has 0 bridgehead atoms. The molecule has 1 atom stereocenters. The molecule has 6 nitrogen and oxygen atoms in total. The van der Waals surface area contributed by atoms with E-state index in [1.165, 1.54) is 6.20 Å². The number of carbonyl (C=O) groups excluding carboxylic acids is 1. The summed E-state index contributed by atoms with van der Waals surface area (Å²) in [4.78, 5) is 37.9. The van der Waals surface area contributed by atoms with E-state index in [9.17, 15) is 9.59 Å². The molecule has 27 heavy (non-hydrogen) atoms. The third kappa shape index (κ3) is 3.61. The number of rotatable bonds is 3. The number of nitrogens with zero attached hydrogens (tertiary/aromatic N) is 3. The van der Waals surface area contributed by atoms with Crippen molar-refractivity contribution >= 4 is 17.5 Å². The highest BCUT2D eigenvalue weighted by Gasteiger charge is 2.29. The lowest BCUT2D eigenvalue weighted by Crippen LogP contribution is -2.33. The van der Waals surface area contributed by atoms with Crippen molar-refractivity contribution in [3.8, 4) is 11.5 Å². The van der Waals surface area contributed by atoms with Crippen LogP contribution in [0.15, 0.2) is 59.7 Å². The van der Waals surface area contributed by atoms with Gasteiger partial charge in [-0.2, -0.15) is 0 Å². The summed E-state index contributed by atoms with van der Waals surface area (Å²) in [5, 5.41) is 0.683. The average Bonchev–Trinajstić information content (AvgIpc) is 3.18. The molecule has 0 aliphatic carbocycles. The van der Waals surface area contributed by atoms with Crippen LogP contribution in [0, 0.1) is 0 Å². The second-order valence-electron chi connectivity index (χ2n) is 6.48. The minimum Gasteiger partial charge on any atom is -0.338 e. The Morgan fingerprint density at radius 2 is 2.07 bits per heavy atom. The van der Waals surface area contributed by atoms with E-state index in [2.05, 4.69) is 15.0 Å². The Labute approximate surface area is 160 Å². The first-order chi connectivity index (χ1) is 13.1. The predicted octanol–water partition coefficient (Wildman–Crippen LogP) is 3.12. The van der Waals surface area contributed by atoms with Gasteiger partial charge in [0.15, 0.2) is 5.82 Å². The van der Waals surface area contributed by atoms with Crippen molar-refractivity contribution in [1.29, 1.82) is 0 Å². The number of hydrogen-bond acceptors (Lipinski definition) is 4. The lowest BCUT2D eigenvalue weighted by atomic mass is 9.99. The number of benzene rings is 1. The SMILES string of the molecule is O=C(c1cnc(-c2ccccn2)[nH]c1=O)N1CCC(c2cccc(Cl)c2)C1. The molecule has 0 radical (unpaired) electrons. The lowest BCUT2D eigenvalue weighted by molar-refractivity contribution is 0.0788. The molecule has 1 aliphatic heterocycles. The predicted molar refractivity (Wildman–Crippen MR) is 103 cm³/mol. The van der Waals surface area contributed by atoms with Crippen LogP contribution in [0.25, 0.3) is 11.5 Å². The van der Waals surface area contributed by atoms with Crippen molar-refractivity contribution in [3.63, 3.8) is 0 Å². The van der Waals surface area contributed by atoms with E-state index < -0.39 is 5.56 Å². The summed E-state index contributed by atoms with van der Waals surface area (Å²) in [6, 6.07) is 13.0. The molecular weight excluding hydrogens is 364 g/mol. The first-order valence-electron chi connectivity index (χ1n) is 8.67. The molecule has 3 heterocycles. The Balaban J connectivity index is 1.53. The lowest BCUT2D eigenvalue weighted by Gasteiger charge is -2.16. The van der Waals surface area contributed by atoms with E-state index in [1.807, 2.05) is 30.3 Å². The van der Waals surface area contributed by atoms with Gasteiger partial charge in [0.2, 0.25) is 0 Å². The fraction of sp³-hybridized carbons (Fsp3) is 0.200. The third-order valence-electron chi connectivity index (χ3n) is 4.73. The number of nitrogens with one attached hydrogen (secondary N) is 1. The largest absolute Gasteiger partial charge is 0.338 e. The highest BCUT2D eigenvalue weighted by molar-refractivity contribution is 6.30. The first kappa shape index (κ1) is 17.4. The number of aromatic nitrogens is 3. The van der Waals surface area contributed by atoms with Gasteiger partial charge in [-0.05, 0) is 36.2 Å². The van der Waals surface area contributed by atoms with Crippen LogP contribution >= 0.6 is 11.6 Å². The molecule has 0 spiro atoms. The highest BCUT2D eigenvalue weighted by atomic mass is 35.5. The second-order valence-corrected chi connectivity index (χ2v) is 6.92. The first-order valence-corrected chi connectivity index (χ1v) is 9.05. The van der Waals surface area contributed by atoms with Gasteiger partial charge < -0.3 is 9.88 Å². The second kappa shape index (κ2) is 7.32. The molecule has 7 heteroatoms. The van der Waals surface area contributed by atoms with Gasteiger partial charge in [0.25, 0.3) is 11.5 Å². The van der Waals surface area contributed by atoms with Gasteiger partial charge >= 0.3 is 0 Å². The Morgan fingerprint density at radius 1 is 1.19 bits per heavy atom. The van der Waals surface area contributed by atoms with Crippen LogP contribution < -0.4 is 5.56 Å². The van der Waals surface area contributed by atoms with E-state index in [4.69, 9.17) is 11.6 Å². The summed E-state index contributed by atoms with van der Waals surface area (Å²) >= 11 is 6.06. The number of likely N-dealkylation sites (tertiary alicyclic amines) is 1. The van der Waals surface area contributed by atoms with Crippen LogP contribution in [-0.4, -0.2) is 38.8 Å². The summed E-state index contributed by atoms with van der Waals surface area (Å²) in [6.45, 7) is 1.15. The molecule has 2 aromatic heterocycles. The summed E-state index contributed by atoms with van der Waals surface area (Å²) in [6.07, 6.45) is 3.79. The van der Waals surface area contributed by atoms with Crippen LogP contribution in [-0.2, 0) is 0 Å². The van der Waals surface area contributed by atoms with Crippen molar-refractivity contribution < 1.29 is 4.79 Å². The zero-order valence-corrected chi connectivity index (χ0v) is 15.2. The number of hydrogen-bond donors (Lipinski definition) is 1. The van der Waals surface area contributed by atoms with Gasteiger partial charge in [-0.15, -0.1) is 0 Å². The third-order valence-corrected chi connectivity index (χ3v) is 4.97. The molecule has 1 aliphatic rings. The molecule has 1 saturated heterocycles. The van der Waals surface area contributed by atoms with E-state index >= 15 is 0 Å². The molecule has 1 amide bonds. The van der Waals surface area contributed by atoms with Crippen molar-refractivity contribution in [2.75, 3.05) is 13.1 Å². The van der Waals surface area contributed by atoms with Crippen LogP contribution in [0.5, 0.6) is 0 Å². The molecule has 4 rings (SSSR count). The molecule has 0 saturated carbocycles. The number of carbonyl (C=O) groups is 1. The Kier molecular flexibility index (Phi) is 4.73. The van der Waals surface area contributed by atoms with Gasteiger partial charge in [-0.1, -0.05) is 29.8 Å². The van der Waals surface area contributed by atoms with Gasteiger partial charge in [-0.25, -0.2) is 4.98 Å². The Hall–Kier alpha value is -2.99. The van der Waals surface area contributed by atoms with E-state index in [1.54, 1.807) is 23.2 Å². The normalized spacial score (nSPS) is 16.5. The number of H-pyrrole nitrogens is 1. The summed E-state index contributed by atoms with van der Waals surface area (Å²) in [7, 11) is 0. The molecule has 1 N–H and O–H groups in total. The van der Waals surface area contributed by atoms with Crippen LogP contribution in [0.4, 0.5) is 0 Å². The zero-order chi connectivity index (χ0) is 18.8. The van der Waals surface area contributed by atoms with Crippen molar-refractivity contribution in [2.24, 2.45) is 0 Å². The summed E-state index contributed by atoms with van der Waals surface area (Å²) in [5.74, 6) is 0.253. The average molecular weight is 381 g/mol. The number of aromatic amines is 1. The maximum Gasteiger partial charge on any atom is 0.264 e. The molecule has 3 aromatic rings. The van der Waals surface area contributed by atoms with E-state index in [-0.39, 0.29) is 17.4 Å². The summed E-state index contributed by atoms with van der Waals surface area (Å²) < 4.78 is 0. The fourth-order valence-electron chi connectivity index (χ4n) is 3.33. The Morgan fingerprint density at radius 3 is 2.81 bits per heavy atom. The van der Waals surface area contributed by atoms with E-state index in [0.29, 0.717) is 29.6 Å². The van der Waals surface area contributed by atoms with E-state index in [0.717, 1.165) is 12.0 Å². The van der Waals surface area contributed by atoms with Gasteiger partial charge in [0, 0.05) is 36.4 Å². The van der Waals surface area contributed by atoms with Crippen LogP contribution in [0.2, 0.25) is 5.02 Å². The minimum absolute atomic E-state index is 0.0430. The molecular formula is C20H17ClN4O2. The maximum absolute atomic E-state index is 12.8. The van der Waals surface area contributed by atoms with Crippen molar-refractivity contribution in [3.05, 3.63) is 81.4 Å². The van der Waals surface area contributed by atoms with Crippen molar-refractivity contribution in [2.45, 2.75) is 12.3 Å².